The fourth-order valence-electron chi connectivity index (χ4n) is 3.28. The molecule has 2 aromatic rings. The zero-order valence-electron chi connectivity index (χ0n) is 13.1. The van der Waals surface area contributed by atoms with Crippen LogP contribution in [-0.2, 0) is 9.47 Å². The summed E-state index contributed by atoms with van der Waals surface area (Å²) in [6.45, 7) is 4.35. The smallest absolute Gasteiger partial charge is 0.274 e. The first-order valence-electron chi connectivity index (χ1n) is 7.97. The van der Waals surface area contributed by atoms with E-state index in [-0.39, 0.29) is 5.91 Å². The molecule has 1 aromatic heterocycles. The largest absolute Gasteiger partial charge is 0.347 e. The highest BCUT2D eigenvalue weighted by Crippen LogP contribution is 2.31. The van der Waals surface area contributed by atoms with Crippen LogP contribution in [0.25, 0.3) is 11.0 Å². The van der Waals surface area contributed by atoms with Gasteiger partial charge in [-0.2, -0.15) is 0 Å². The molecular weight excluding hydrogens is 294 g/mol. The number of fused-ring (bicyclic) bond motifs is 1. The molecule has 3 heterocycles. The molecule has 0 atom stereocenters. The summed E-state index contributed by atoms with van der Waals surface area (Å²) in [4.78, 5) is 23.7. The van der Waals surface area contributed by atoms with Crippen LogP contribution in [0.2, 0.25) is 0 Å². The van der Waals surface area contributed by atoms with Gasteiger partial charge in [-0.1, -0.05) is 12.1 Å². The number of aromatic nitrogens is 2. The number of hydrogen-bond donors (Lipinski definition) is 0. The lowest BCUT2D eigenvalue weighted by Crippen LogP contribution is -2.47. The molecule has 6 nitrogen and oxygen atoms in total. The third-order valence-corrected chi connectivity index (χ3v) is 4.57. The van der Waals surface area contributed by atoms with Crippen molar-refractivity contribution >= 4 is 16.9 Å². The molecule has 2 saturated heterocycles. The Hall–Kier alpha value is -2.05. The molecule has 0 saturated carbocycles. The minimum absolute atomic E-state index is 0.0615. The van der Waals surface area contributed by atoms with Crippen LogP contribution in [0.5, 0.6) is 0 Å². The second kappa shape index (κ2) is 5.54. The number of carbonyl (C=O) groups is 1. The summed E-state index contributed by atoms with van der Waals surface area (Å²) in [6, 6.07) is 7.61. The Balaban J connectivity index is 1.56. The van der Waals surface area contributed by atoms with E-state index in [1.54, 1.807) is 0 Å². The minimum Gasteiger partial charge on any atom is -0.347 e. The van der Waals surface area contributed by atoms with E-state index in [2.05, 4.69) is 9.97 Å². The summed E-state index contributed by atoms with van der Waals surface area (Å²) in [7, 11) is 0. The molecule has 1 aromatic carbocycles. The molecule has 0 aliphatic carbocycles. The number of hydrogen-bond acceptors (Lipinski definition) is 5. The van der Waals surface area contributed by atoms with E-state index < -0.39 is 5.79 Å². The van der Waals surface area contributed by atoms with Crippen molar-refractivity contribution in [1.82, 2.24) is 14.9 Å². The number of para-hydroxylation sites is 2. The van der Waals surface area contributed by atoms with Gasteiger partial charge in [-0.25, -0.2) is 9.97 Å². The van der Waals surface area contributed by atoms with Crippen molar-refractivity contribution in [1.29, 1.82) is 0 Å². The van der Waals surface area contributed by atoms with E-state index in [0.29, 0.717) is 50.5 Å². The zero-order chi connectivity index (χ0) is 15.9. The molecule has 2 aliphatic rings. The van der Waals surface area contributed by atoms with Crippen LogP contribution < -0.4 is 0 Å². The van der Waals surface area contributed by atoms with Crippen LogP contribution in [0.1, 0.15) is 29.0 Å². The minimum atomic E-state index is -0.471. The number of piperidine rings is 1. The molecule has 2 aliphatic heterocycles. The van der Waals surface area contributed by atoms with Crippen LogP contribution in [0, 0.1) is 6.92 Å². The first kappa shape index (κ1) is 14.5. The molecule has 0 radical (unpaired) electrons. The second-order valence-corrected chi connectivity index (χ2v) is 6.05. The number of aryl methyl sites for hydroxylation is 1. The average Bonchev–Trinajstić information content (AvgIpc) is 3.02. The third-order valence-electron chi connectivity index (χ3n) is 4.57. The van der Waals surface area contributed by atoms with E-state index in [4.69, 9.17) is 9.47 Å². The molecule has 0 bridgehead atoms. The Morgan fingerprint density at radius 2 is 1.70 bits per heavy atom. The van der Waals surface area contributed by atoms with E-state index in [1.165, 1.54) is 0 Å². The van der Waals surface area contributed by atoms with Crippen molar-refractivity contribution in [3.63, 3.8) is 0 Å². The van der Waals surface area contributed by atoms with Crippen molar-refractivity contribution in [2.45, 2.75) is 25.6 Å². The molecule has 0 N–H and O–H groups in total. The number of likely N-dealkylation sites (tertiary alicyclic amines) is 1. The van der Waals surface area contributed by atoms with Gasteiger partial charge in [-0.3, -0.25) is 4.79 Å². The van der Waals surface area contributed by atoms with Crippen LogP contribution in [0.15, 0.2) is 24.3 Å². The Kier molecular flexibility index (Phi) is 3.50. The predicted molar refractivity (Wildman–Crippen MR) is 84.0 cm³/mol. The number of amides is 1. The van der Waals surface area contributed by atoms with E-state index in [1.807, 2.05) is 36.1 Å². The fourth-order valence-corrected chi connectivity index (χ4v) is 3.28. The van der Waals surface area contributed by atoms with E-state index >= 15 is 0 Å². The predicted octanol–water partition coefficient (Wildman–Crippen LogP) is 1.92. The fraction of sp³-hybridized carbons (Fsp3) is 0.471. The van der Waals surface area contributed by atoms with Crippen LogP contribution in [0.3, 0.4) is 0 Å². The van der Waals surface area contributed by atoms with Crippen molar-refractivity contribution in [2.24, 2.45) is 0 Å². The van der Waals surface area contributed by atoms with Gasteiger partial charge in [0.05, 0.1) is 29.9 Å². The monoisotopic (exact) mass is 313 g/mol. The number of rotatable bonds is 1. The van der Waals surface area contributed by atoms with E-state index in [0.717, 1.165) is 11.0 Å². The van der Waals surface area contributed by atoms with Crippen molar-refractivity contribution in [3.05, 3.63) is 35.7 Å². The van der Waals surface area contributed by atoms with Gasteiger partial charge in [0.15, 0.2) is 5.79 Å². The average molecular weight is 313 g/mol. The zero-order valence-corrected chi connectivity index (χ0v) is 13.1. The second-order valence-electron chi connectivity index (χ2n) is 6.05. The number of ether oxygens (including phenoxy) is 2. The molecule has 23 heavy (non-hydrogen) atoms. The third kappa shape index (κ3) is 2.58. The molecule has 1 spiro atoms. The van der Waals surface area contributed by atoms with Crippen LogP contribution in [0.4, 0.5) is 0 Å². The lowest BCUT2D eigenvalue weighted by Gasteiger charge is -2.37. The summed E-state index contributed by atoms with van der Waals surface area (Å²) in [6.07, 6.45) is 1.41. The topological polar surface area (TPSA) is 64.6 Å². The molecule has 0 unspecified atom stereocenters. The van der Waals surface area contributed by atoms with Gasteiger partial charge in [0, 0.05) is 25.9 Å². The van der Waals surface area contributed by atoms with Crippen molar-refractivity contribution in [2.75, 3.05) is 26.3 Å². The summed E-state index contributed by atoms with van der Waals surface area (Å²) in [5.41, 5.74) is 2.67. The van der Waals surface area contributed by atoms with Gasteiger partial charge in [-0.05, 0) is 19.1 Å². The van der Waals surface area contributed by atoms with Gasteiger partial charge < -0.3 is 14.4 Å². The molecule has 120 valence electrons. The standard InChI is InChI=1S/C17H19N3O3/c1-12-15(19-14-5-3-2-4-13(14)18-12)16(21)20-8-6-17(7-9-20)22-10-11-23-17/h2-5H,6-11H2,1H3. The molecular formula is C17H19N3O3. The molecule has 6 heteroatoms. The highest BCUT2D eigenvalue weighted by Gasteiger charge is 2.41. The maximum atomic E-state index is 12.8. The van der Waals surface area contributed by atoms with E-state index in [9.17, 15) is 4.79 Å². The summed E-state index contributed by atoms with van der Waals surface area (Å²) in [5, 5.41) is 0. The number of carbonyl (C=O) groups excluding carboxylic acids is 1. The molecule has 1 amide bonds. The lowest BCUT2D eigenvalue weighted by molar-refractivity contribution is -0.181. The Morgan fingerprint density at radius 3 is 2.35 bits per heavy atom. The van der Waals surface area contributed by atoms with Gasteiger partial charge in [0.1, 0.15) is 5.69 Å². The van der Waals surface area contributed by atoms with Gasteiger partial charge in [-0.15, -0.1) is 0 Å². The van der Waals surface area contributed by atoms with Crippen LogP contribution in [-0.4, -0.2) is 52.9 Å². The lowest BCUT2D eigenvalue weighted by atomic mass is 10.0. The van der Waals surface area contributed by atoms with Gasteiger partial charge in [0.2, 0.25) is 0 Å². The normalized spacial score (nSPS) is 20.3. The maximum absolute atomic E-state index is 12.8. The highest BCUT2D eigenvalue weighted by atomic mass is 16.7. The molecule has 2 fully saturated rings. The maximum Gasteiger partial charge on any atom is 0.274 e. The summed E-state index contributed by atoms with van der Waals surface area (Å²) < 4.78 is 11.4. The first-order chi connectivity index (χ1) is 11.2. The van der Waals surface area contributed by atoms with Gasteiger partial charge in [0.25, 0.3) is 5.91 Å². The van der Waals surface area contributed by atoms with Gasteiger partial charge >= 0.3 is 0 Å². The van der Waals surface area contributed by atoms with Crippen LogP contribution >= 0.6 is 0 Å². The van der Waals surface area contributed by atoms with Crippen molar-refractivity contribution < 1.29 is 14.3 Å². The summed E-state index contributed by atoms with van der Waals surface area (Å²) >= 11 is 0. The Labute approximate surface area is 134 Å². The highest BCUT2D eigenvalue weighted by molar-refractivity contribution is 5.95. The number of nitrogens with zero attached hydrogens (tertiary/aromatic N) is 3. The molecule has 4 rings (SSSR count). The Bertz CT molecular complexity index is 746. The first-order valence-corrected chi connectivity index (χ1v) is 7.97. The number of benzene rings is 1. The SMILES string of the molecule is Cc1nc2ccccc2nc1C(=O)N1CCC2(CC1)OCCO2. The summed E-state index contributed by atoms with van der Waals surface area (Å²) in [5.74, 6) is -0.533. The quantitative estimate of drug-likeness (QED) is 0.805. The Morgan fingerprint density at radius 1 is 1.09 bits per heavy atom. The van der Waals surface area contributed by atoms with Crippen molar-refractivity contribution in [3.8, 4) is 0 Å².